The second-order valence-electron chi connectivity index (χ2n) is 9.80. The predicted molar refractivity (Wildman–Crippen MR) is 155 cm³/mol. The van der Waals surface area contributed by atoms with E-state index in [1.807, 2.05) is 30.3 Å². The summed E-state index contributed by atoms with van der Waals surface area (Å²) in [5, 5.41) is 4.28. The van der Waals surface area contributed by atoms with Gasteiger partial charge >= 0.3 is 11.9 Å². The Morgan fingerprint density at radius 3 is 2.33 bits per heavy atom. The number of pyridine rings is 1. The number of methoxy groups -OCH3 is 1. The molecule has 1 unspecified atom stereocenters. The molecule has 2 aromatic heterocycles. The van der Waals surface area contributed by atoms with Gasteiger partial charge in [0.05, 0.1) is 12.7 Å². The standard InChI is InChI=1S/C31H30N2O6S/c1-18(27(34)32-28-25(30(36)38-3)22-16-8-5-9-17-23(22)40-28)39-31(37)26-24(19-12-6-4-7-13-19)20-14-10-11-15-21(20)29(35)33(26)2/h4,6-7,10-15,18H,5,8-9,16-17H2,1-3H3,(H,32,34). The van der Waals surface area contributed by atoms with Crippen LogP contribution in [0.15, 0.2) is 59.4 Å². The topological polar surface area (TPSA) is 104 Å². The van der Waals surface area contributed by atoms with E-state index in [1.165, 1.54) is 37.0 Å². The van der Waals surface area contributed by atoms with E-state index in [2.05, 4.69) is 5.32 Å². The summed E-state index contributed by atoms with van der Waals surface area (Å²) >= 11 is 1.37. The van der Waals surface area contributed by atoms with Gasteiger partial charge in [0.2, 0.25) is 0 Å². The van der Waals surface area contributed by atoms with E-state index >= 15 is 0 Å². The van der Waals surface area contributed by atoms with Crippen molar-refractivity contribution in [2.45, 2.75) is 45.1 Å². The van der Waals surface area contributed by atoms with Crippen LogP contribution in [0.4, 0.5) is 5.00 Å². The number of carbonyl (C=O) groups is 3. The van der Waals surface area contributed by atoms with Gasteiger partial charge in [-0.2, -0.15) is 0 Å². The van der Waals surface area contributed by atoms with E-state index in [-0.39, 0.29) is 11.3 Å². The van der Waals surface area contributed by atoms with Crippen molar-refractivity contribution >= 4 is 45.0 Å². The summed E-state index contributed by atoms with van der Waals surface area (Å²) in [7, 11) is 2.83. The fourth-order valence-electron chi connectivity index (χ4n) is 5.23. The van der Waals surface area contributed by atoms with E-state index in [9.17, 15) is 19.2 Å². The molecule has 1 aliphatic carbocycles. The van der Waals surface area contributed by atoms with Crippen LogP contribution in [0.3, 0.4) is 0 Å². The molecule has 0 radical (unpaired) electrons. The number of hydrogen-bond donors (Lipinski definition) is 1. The zero-order valence-electron chi connectivity index (χ0n) is 22.6. The SMILES string of the molecule is COC(=O)c1c(NC(=O)C(C)OC(=O)c2c(-c3ccccc3)c3ccccc3c(=O)n2C)sc2c1CCCCC2. The molecule has 1 atom stereocenters. The molecule has 4 aromatic rings. The van der Waals surface area contributed by atoms with Crippen LogP contribution in [0.5, 0.6) is 0 Å². The van der Waals surface area contributed by atoms with Crippen molar-refractivity contribution in [3.05, 3.63) is 86.6 Å². The summed E-state index contributed by atoms with van der Waals surface area (Å²) in [4.78, 5) is 53.8. The lowest BCUT2D eigenvalue weighted by atomic mass is 9.97. The largest absolute Gasteiger partial charge is 0.465 e. The molecular formula is C31H30N2O6S. The molecule has 1 N–H and O–H groups in total. The number of hydrogen-bond acceptors (Lipinski definition) is 7. The summed E-state index contributed by atoms with van der Waals surface area (Å²) < 4.78 is 11.9. The molecule has 9 heteroatoms. The van der Waals surface area contributed by atoms with Gasteiger partial charge in [0, 0.05) is 22.9 Å². The van der Waals surface area contributed by atoms with Crippen LogP contribution in [0, 0.1) is 0 Å². The summed E-state index contributed by atoms with van der Waals surface area (Å²) in [6, 6.07) is 16.4. The number of carbonyl (C=O) groups excluding carboxylic acids is 3. The maximum absolute atomic E-state index is 13.6. The third kappa shape index (κ3) is 5.04. The lowest BCUT2D eigenvalue weighted by Crippen LogP contribution is -2.33. The number of thiophene rings is 1. The summed E-state index contributed by atoms with van der Waals surface area (Å²) in [5.74, 6) is -1.89. The van der Waals surface area contributed by atoms with Crippen molar-refractivity contribution in [1.29, 1.82) is 0 Å². The molecule has 8 nitrogen and oxygen atoms in total. The van der Waals surface area contributed by atoms with Crippen molar-refractivity contribution in [2.75, 3.05) is 12.4 Å². The lowest BCUT2D eigenvalue weighted by Gasteiger charge is -2.19. The highest BCUT2D eigenvalue weighted by atomic mass is 32.1. The number of benzene rings is 2. The molecule has 0 aliphatic heterocycles. The Morgan fingerprint density at radius 2 is 1.60 bits per heavy atom. The Kier molecular flexibility index (Phi) is 7.84. The van der Waals surface area contributed by atoms with E-state index < -0.39 is 23.9 Å². The minimum atomic E-state index is -1.20. The number of aryl methyl sites for hydroxylation is 1. The van der Waals surface area contributed by atoms with Crippen molar-refractivity contribution < 1.29 is 23.9 Å². The van der Waals surface area contributed by atoms with Gasteiger partial charge in [-0.15, -0.1) is 11.3 Å². The average Bonchev–Trinajstić information content (AvgIpc) is 3.14. The van der Waals surface area contributed by atoms with E-state index in [0.29, 0.717) is 26.9 Å². The molecule has 1 aliphatic rings. The molecule has 0 saturated carbocycles. The van der Waals surface area contributed by atoms with Crippen molar-refractivity contribution in [2.24, 2.45) is 7.05 Å². The zero-order valence-corrected chi connectivity index (χ0v) is 23.4. The second kappa shape index (κ2) is 11.5. The van der Waals surface area contributed by atoms with Crippen molar-refractivity contribution in [3.63, 3.8) is 0 Å². The van der Waals surface area contributed by atoms with Gasteiger partial charge < -0.3 is 19.4 Å². The van der Waals surface area contributed by atoms with Crippen LogP contribution in [-0.2, 0) is 34.2 Å². The first-order chi connectivity index (χ1) is 19.3. The van der Waals surface area contributed by atoms with Gasteiger partial charge in [-0.05, 0) is 55.2 Å². The van der Waals surface area contributed by atoms with Crippen LogP contribution in [0.2, 0.25) is 0 Å². The van der Waals surface area contributed by atoms with Crippen molar-refractivity contribution in [1.82, 2.24) is 4.57 Å². The van der Waals surface area contributed by atoms with Crippen LogP contribution in [0.25, 0.3) is 21.9 Å². The van der Waals surface area contributed by atoms with Gasteiger partial charge in [-0.1, -0.05) is 55.0 Å². The normalized spacial score (nSPS) is 13.7. The zero-order chi connectivity index (χ0) is 28.4. The lowest BCUT2D eigenvalue weighted by molar-refractivity contribution is -0.123. The number of nitrogens with zero attached hydrogens (tertiary/aromatic N) is 1. The first-order valence-corrected chi connectivity index (χ1v) is 14.0. The average molecular weight is 559 g/mol. The highest BCUT2D eigenvalue weighted by Gasteiger charge is 2.30. The highest BCUT2D eigenvalue weighted by Crippen LogP contribution is 2.38. The van der Waals surface area contributed by atoms with Crippen LogP contribution in [0.1, 0.15) is 57.5 Å². The smallest absolute Gasteiger partial charge is 0.356 e. The van der Waals surface area contributed by atoms with E-state index in [1.54, 1.807) is 24.3 Å². The Balaban J connectivity index is 1.47. The fraction of sp³-hybridized carbons (Fsp3) is 0.290. The maximum atomic E-state index is 13.6. The van der Waals surface area contributed by atoms with Crippen LogP contribution < -0.4 is 10.9 Å². The highest BCUT2D eigenvalue weighted by molar-refractivity contribution is 7.17. The summed E-state index contributed by atoms with van der Waals surface area (Å²) in [6.07, 6.45) is 3.44. The quantitative estimate of drug-likeness (QED) is 0.247. The molecule has 0 spiro atoms. The molecular weight excluding hydrogens is 528 g/mol. The number of ether oxygens (including phenoxy) is 2. The number of aromatic nitrogens is 1. The number of esters is 2. The van der Waals surface area contributed by atoms with Gasteiger partial charge in [0.1, 0.15) is 10.7 Å². The third-order valence-corrected chi connectivity index (χ3v) is 8.47. The third-order valence-electron chi connectivity index (χ3n) is 7.26. The Bertz CT molecular complexity index is 1670. The van der Waals surface area contributed by atoms with Crippen molar-refractivity contribution in [3.8, 4) is 11.1 Å². The monoisotopic (exact) mass is 558 g/mol. The van der Waals surface area contributed by atoms with E-state index in [0.717, 1.165) is 48.1 Å². The molecule has 5 rings (SSSR count). The van der Waals surface area contributed by atoms with Gasteiger partial charge in [0.15, 0.2) is 6.10 Å². The maximum Gasteiger partial charge on any atom is 0.356 e. The molecule has 0 bridgehead atoms. The number of fused-ring (bicyclic) bond motifs is 2. The van der Waals surface area contributed by atoms with E-state index in [4.69, 9.17) is 9.47 Å². The second-order valence-corrected chi connectivity index (χ2v) is 10.9. The Labute approximate surface area is 235 Å². The van der Waals surface area contributed by atoms with Crippen LogP contribution in [-0.4, -0.2) is 35.6 Å². The number of nitrogens with one attached hydrogen (secondary N) is 1. The van der Waals surface area contributed by atoms with Gasteiger partial charge in [-0.3, -0.25) is 9.59 Å². The predicted octanol–water partition coefficient (Wildman–Crippen LogP) is 5.51. The molecule has 40 heavy (non-hydrogen) atoms. The summed E-state index contributed by atoms with van der Waals surface area (Å²) in [5.41, 5.74) is 2.29. The Morgan fingerprint density at radius 1 is 0.925 bits per heavy atom. The van der Waals surface area contributed by atoms with Gasteiger partial charge in [0.25, 0.3) is 11.5 Å². The fourth-order valence-corrected chi connectivity index (χ4v) is 6.51. The first-order valence-electron chi connectivity index (χ1n) is 13.2. The molecule has 0 fully saturated rings. The molecule has 1 amide bonds. The number of anilines is 1. The minimum absolute atomic E-state index is 0.0487. The Hall–Kier alpha value is -4.24. The number of rotatable bonds is 6. The van der Waals surface area contributed by atoms with Gasteiger partial charge in [-0.25, -0.2) is 9.59 Å². The first kappa shape index (κ1) is 27.3. The number of amides is 1. The van der Waals surface area contributed by atoms with Crippen LogP contribution >= 0.6 is 11.3 Å². The molecule has 0 saturated heterocycles. The molecule has 206 valence electrons. The molecule has 2 aromatic carbocycles. The molecule has 2 heterocycles. The minimum Gasteiger partial charge on any atom is -0.465 e. The summed E-state index contributed by atoms with van der Waals surface area (Å²) in [6.45, 7) is 1.46.